The minimum absolute atomic E-state index is 0.381. The summed E-state index contributed by atoms with van der Waals surface area (Å²) in [5.74, 6) is 0. The molecule has 4 fully saturated rings. The molecule has 0 aromatic rings. The van der Waals surface area contributed by atoms with E-state index in [1.807, 2.05) is 0 Å². The molecule has 0 radical (unpaired) electrons. The summed E-state index contributed by atoms with van der Waals surface area (Å²) in [7, 11) is 4.38. The van der Waals surface area contributed by atoms with Crippen molar-refractivity contribution in [1.29, 1.82) is 0 Å². The largest absolute Gasteiger partial charge is 0.394 e. The summed E-state index contributed by atoms with van der Waals surface area (Å²) < 4.78 is 56.9. The van der Waals surface area contributed by atoms with Gasteiger partial charge in [0.05, 0.1) is 31.5 Å². The van der Waals surface area contributed by atoms with Crippen LogP contribution in [0.3, 0.4) is 0 Å². The third-order valence-corrected chi connectivity index (χ3v) is 8.75. The van der Waals surface area contributed by atoms with Crippen molar-refractivity contribution < 1.29 is 88.2 Å². The van der Waals surface area contributed by atoms with Gasteiger partial charge in [-0.05, 0) is 13.8 Å². The topological polar surface area (TPSA) is 254 Å². The summed E-state index contributed by atoms with van der Waals surface area (Å²) in [5, 5.41) is 83.0. The van der Waals surface area contributed by atoms with Crippen LogP contribution in [0.1, 0.15) is 20.3 Å². The predicted octanol–water partition coefficient (Wildman–Crippen LogP) is -4.70. The molecule has 18 heteroatoms. The zero-order valence-corrected chi connectivity index (χ0v) is 25.8. The van der Waals surface area contributed by atoms with E-state index in [2.05, 4.69) is 0 Å². The maximum Gasteiger partial charge on any atom is 0.187 e. The molecule has 0 unspecified atom stereocenters. The molecular weight excluding hydrogens is 612 g/mol. The van der Waals surface area contributed by atoms with Gasteiger partial charge in [0.1, 0.15) is 73.2 Å². The molecular formula is C27H48O18. The van der Waals surface area contributed by atoms with Crippen LogP contribution in [0.15, 0.2) is 0 Å². The Labute approximate surface area is 260 Å². The molecule has 264 valence electrons. The molecule has 4 saturated heterocycles. The molecule has 19 atom stereocenters. The second-order valence-corrected chi connectivity index (χ2v) is 11.6. The Morgan fingerprint density at radius 2 is 1.04 bits per heavy atom. The second kappa shape index (κ2) is 16.1. The smallest absolute Gasteiger partial charge is 0.187 e. The maximum atomic E-state index is 11.2. The number of aliphatic hydroxyl groups is 8. The molecule has 8 N–H and O–H groups in total. The van der Waals surface area contributed by atoms with Gasteiger partial charge in [-0.15, -0.1) is 0 Å². The maximum absolute atomic E-state index is 11.2. The number of rotatable bonds is 11. The van der Waals surface area contributed by atoms with Crippen molar-refractivity contribution in [3.8, 4) is 0 Å². The molecule has 0 aromatic carbocycles. The normalized spacial score (nSPS) is 51.3. The third-order valence-electron chi connectivity index (χ3n) is 8.75. The van der Waals surface area contributed by atoms with E-state index < -0.39 is 130 Å². The lowest BCUT2D eigenvalue weighted by atomic mass is 9.96. The molecule has 4 aliphatic heterocycles. The quantitative estimate of drug-likeness (QED) is 0.104. The van der Waals surface area contributed by atoms with Gasteiger partial charge in [-0.2, -0.15) is 0 Å². The summed E-state index contributed by atoms with van der Waals surface area (Å²) in [4.78, 5) is 0. The van der Waals surface area contributed by atoms with Crippen molar-refractivity contribution in [2.45, 2.75) is 137 Å². The van der Waals surface area contributed by atoms with Crippen molar-refractivity contribution in [1.82, 2.24) is 0 Å². The lowest BCUT2D eigenvalue weighted by Crippen LogP contribution is -2.66. The Balaban J connectivity index is 1.42. The van der Waals surface area contributed by atoms with Crippen LogP contribution in [0.25, 0.3) is 0 Å². The van der Waals surface area contributed by atoms with Crippen LogP contribution in [-0.4, -0.2) is 192 Å². The number of hydrogen-bond acceptors (Lipinski definition) is 18. The zero-order valence-electron chi connectivity index (χ0n) is 25.8. The highest BCUT2D eigenvalue weighted by Crippen LogP contribution is 2.35. The minimum Gasteiger partial charge on any atom is -0.394 e. The highest BCUT2D eigenvalue weighted by Gasteiger charge is 2.54. The van der Waals surface area contributed by atoms with Crippen LogP contribution in [0, 0.1) is 0 Å². The van der Waals surface area contributed by atoms with E-state index in [-0.39, 0.29) is 0 Å². The molecule has 0 bridgehead atoms. The van der Waals surface area contributed by atoms with Gasteiger partial charge in [0.2, 0.25) is 0 Å². The molecule has 18 nitrogen and oxygen atoms in total. The molecule has 0 aromatic heterocycles. The lowest BCUT2D eigenvalue weighted by molar-refractivity contribution is -0.383. The summed E-state index contributed by atoms with van der Waals surface area (Å²) >= 11 is 0. The van der Waals surface area contributed by atoms with Crippen molar-refractivity contribution in [2.75, 3.05) is 34.5 Å². The van der Waals surface area contributed by atoms with Gasteiger partial charge >= 0.3 is 0 Å². The summed E-state index contributed by atoms with van der Waals surface area (Å²) in [6.07, 6.45) is -23.4. The van der Waals surface area contributed by atoms with E-state index in [0.29, 0.717) is 6.42 Å². The van der Waals surface area contributed by atoms with Crippen LogP contribution < -0.4 is 0 Å². The second-order valence-electron chi connectivity index (χ2n) is 11.6. The summed E-state index contributed by atoms with van der Waals surface area (Å²) in [5.41, 5.74) is 0. The van der Waals surface area contributed by atoms with Gasteiger partial charge in [0, 0.05) is 27.8 Å². The molecule has 4 aliphatic rings. The molecule has 0 saturated carbocycles. The fourth-order valence-corrected chi connectivity index (χ4v) is 6.12. The van der Waals surface area contributed by atoms with Crippen LogP contribution in [0.2, 0.25) is 0 Å². The lowest BCUT2D eigenvalue weighted by Gasteiger charge is -2.49. The Kier molecular flexibility index (Phi) is 13.3. The van der Waals surface area contributed by atoms with Crippen LogP contribution in [-0.2, 0) is 47.4 Å². The van der Waals surface area contributed by atoms with E-state index in [1.165, 1.54) is 21.3 Å². The first-order chi connectivity index (χ1) is 21.4. The van der Waals surface area contributed by atoms with Gasteiger partial charge in [-0.1, -0.05) is 0 Å². The van der Waals surface area contributed by atoms with E-state index in [1.54, 1.807) is 13.8 Å². The van der Waals surface area contributed by atoms with Gasteiger partial charge in [0.25, 0.3) is 0 Å². The molecule has 0 amide bonds. The van der Waals surface area contributed by atoms with E-state index in [4.69, 9.17) is 47.4 Å². The van der Waals surface area contributed by atoms with Gasteiger partial charge in [-0.3, -0.25) is 0 Å². The third kappa shape index (κ3) is 7.79. The predicted molar refractivity (Wildman–Crippen MR) is 144 cm³/mol. The van der Waals surface area contributed by atoms with Gasteiger partial charge < -0.3 is 88.2 Å². The fourth-order valence-electron chi connectivity index (χ4n) is 6.12. The molecule has 45 heavy (non-hydrogen) atoms. The van der Waals surface area contributed by atoms with Crippen molar-refractivity contribution in [2.24, 2.45) is 0 Å². The Hall–Kier alpha value is -0.720. The zero-order chi connectivity index (χ0) is 33.2. The molecule has 4 heterocycles. The van der Waals surface area contributed by atoms with Crippen LogP contribution >= 0.6 is 0 Å². The standard InChI is InChI=1S/C27H48O18/c1-9-21(11(36-3)6-14(37-4)39-9)43-27-20(35)24(38-5)22(10(2)40-27)44-26-19(34)17(32)23(13(8-29)42-26)45-25-18(33)16(31)15(30)12(7-28)41-25/h9-35H,6-8H2,1-5H3/t9-,10-,11-,12-,13-,14-,15-,16+,17-,18-,19-,20-,21-,22-,23-,24-,25+,26+,27+/m1/s1. The highest BCUT2D eigenvalue weighted by molar-refractivity contribution is 4.97. The monoisotopic (exact) mass is 660 g/mol. The number of hydrogen-bond donors (Lipinski definition) is 8. The minimum atomic E-state index is -1.80. The Morgan fingerprint density at radius 3 is 1.62 bits per heavy atom. The first-order valence-electron chi connectivity index (χ1n) is 14.9. The molecule has 0 aliphatic carbocycles. The van der Waals surface area contributed by atoms with Crippen molar-refractivity contribution in [3.63, 3.8) is 0 Å². The fraction of sp³-hybridized carbons (Fsp3) is 1.00. The molecule has 0 spiro atoms. The van der Waals surface area contributed by atoms with Gasteiger partial charge in [0.15, 0.2) is 25.2 Å². The highest BCUT2D eigenvalue weighted by atomic mass is 16.8. The molecule has 4 rings (SSSR count). The van der Waals surface area contributed by atoms with E-state index in [0.717, 1.165) is 0 Å². The van der Waals surface area contributed by atoms with Crippen LogP contribution in [0.4, 0.5) is 0 Å². The average Bonchev–Trinajstić information content (AvgIpc) is 3.03. The SMILES string of the molecule is CO[C@H]1C[C@@H](OC)[C@H](O[C@@H]2O[C@H](C)[C@@H](O[C@@H]3O[C@H](CO)[C@@H](O[C@@H]4O[C@H](CO)[C@@H](O)[C@H](O)[C@H]4O)[C@H](O)[C@H]3O)[C@H](OC)[C@H]2O)[C@@H](C)O1. The first kappa shape index (κ1) is 37.1. The van der Waals surface area contributed by atoms with Crippen LogP contribution in [0.5, 0.6) is 0 Å². The van der Waals surface area contributed by atoms with Crippen molar-refractivity contribution >= 4 is 0 Å². The summed E-state index contributed by atoms with van der Waals surface area (Å²) in [6.45, 7) is 1.93. The number of aliphatic hydroxyl groups excluding tert-OH is 8. The average molecular weight is 661 g/mol. The first-order valence-corrected chi connectivity index (χ1v) is 14.9. The van der Waals surface area contributed by atoms with E-state index >= 15 is 0 Å². The number of ether oxygens (including phenoxy) is 10. The van der Waals surface area contributed by atoms with Gasteiger partial charge in [-0.25, -0.2) is 0 Å². The summed E-state index contributed by atoms with van der Waals surface area (Å²) in [6, 6.07) is 0. The van der Waals surface area contributed by atoms with Crippen molar-refractivity contribution in [3.05, 3.63) is 0 Å². The Bertz CT molecular complexity index is 898. The van der Waals surface area contributed by atoms with E-state index in [9.17, 15) is 40.9 Å². The Morgan fingerprint density at radius 1 is 0.511 bits per heavy atom. The number of methoxy groups -OCH3 is 3.